The summed E-state index contributed by atoms with van der Waals surface area (Å²) in [6.07, 6.45) is 0. The number of thiazole rings is 1. The van der Waals surface area contributed by atoms with Crippen molar-refractivity contribution in [3.8, 4) is 27.4 Å². The van der Waals surface area contributed by atoms with Crippen LogP contribution < -0.4 is 15.0 Å². The van der Waals surface area contributed by atoms with Crippen LogP contribution in [-0.4, -0.2) is 24.5 Å². The van der Waals surface area contributed by atoms with E-state index in [2.05, 4.69) is 48.6 Å². The number of ether oxygens (including phenoxy) is 1. The van der Waals surface area contributed by atoms with Crippen LogP contribution in [0.5, 0.6) is 5.75 Å². The molecule has 1 amide bonds. The number of benzene rings is 3. The average Bonchev–Trinajstić information content (AvgIpc) is 3.22. The maximum atomic E-state index is 12.1. The monoisotopic (exact) mass is 427 g/mol. The fourth-order valence-electron chi connectivity index (χ4n) is 3.53. The first-order valence-corrected chi connectivity index (χ1v) is 10.8. The molecule has 0 spiro atoms. The molecule has 2 heterocycles. The van der Waals surface area contributed by atoms with Gasteiger partial charge >= 0.3 is 0 Å². The third kappa shape index (κ3) is 3.78. The second kappa shape index (κ2) is 7.89. The van der Waals surface area contributed by atoms with Crippen molar-refractivity contribution in [1.82, 2.24) is 4.98 Å². The van der Waals surface area contributed by atoms with E-state index in [1.807, 2.05) is 36.4 Å². The standard InChI is InChI=1S/C25H21N3O2S/c1-16-8-11-19(12-9-16)26-25-27-23(24(31-25)17-6-4-3-5-7-17)18-10-13-21-20(14-18)28(2)22(29)15-30-21/h3-14H,15H2,1-2H3,(H,26,27). The first kappa shape index (κ1) is 19.3. The summed E-state index contributed by atoms with van der Waals surface area (Å²) in [5.74, 6) is 0.647. The number of amides is 1. The summed E-state index contributed by atoms with van der Waals surface area (Å²) in [4.78, 5) is 19.7. The lowest BCUT2D eigenvalue weighted by molar-refractivity contribution is -0.120. The van der Waals surface area contributed by atoms with Gasteiger partial charge in [0.25, 0.3) is 5.91 Å². The van der Waals surface area contributed by atoms with Gasteiger partial charge in [0, 0.05) is 18.3 Å². The van der Waals surface area contributed by atoms with Crippen LogP contribution in [0.3, 0.4) is 0 Å². The lowest BCUT2D eigenvalue weighted by atomic mass is 10.1. The van der Waals surface area contributed by atoms with Gasteiger partial charge in [-0.2, -0.15) is 0 Å². The van der Waals surface area contributed by atoms with E-state index in [-0.39, 0.29) is 12.5 Å². The number of carbonyl (C=O) groups is 1. The van der Waals surface area contributed by atoms with Crippen molar-refractivity contribution in [2.24, 2.45) is 0 Å². The minimum atomic E-state index is -0.0621. The molecule has 31 heavy (non-hydrogen) atoms. The molecule has 5 nitrogen and oxygen atoms in total. The lowest BCUT2D eigenvalue weighted by Crippen LogP contribution is -2.35. The molecule has 0 saturated carbocycles. The van der Waals surface area contributed by atoms with Crippen LogP contribution in [0, 0.1) is 6.92 Å². The maximum absolute atomic E-state index is 12.1. The van der Waals surface area contributed by atoms with Gasteiger partial charge in [-0.05, 0) is 42.8 Å². The lowest BCUT2D eigenvalue weighted by Gasteiger charge is -2.26. The van der Waals surface area contributed by atoms with Crippen LogP contribution in [0.1, 0.15) is 5.56 Å². The Bertz CT molecular complexity index is 1250. The molecular formula is C25H21N3O2S. The maximum Gasteiger partial charge on any atom is 0.264 e. The molecule has 0 unspecified atom stereocenters. The van der Waals surface area contributed by atoms with Crippen molar-refractivity contribution in [3.63, 3.8) is 0 Å². The molecule has 1 N–H and O–H groups in total. The van der Waals surface area contributed by atoms with Gasteiger partial charge in [0.1, 0.15) is 5.75 Å². The summed E-state index contributed by atoms with van der Waals surface area (Å²) >= 11 is 1.61. The Labute approximate surface area is 185 Å². The third-order valence-electron chi connectivity index (χ3n) is 5.28. The zero-order valence-corrected chi connectivity index (χ0v) is 18.1. The molecule has 5 rings (SSSR count). The zero-order chi connectivity index (χ0) is 21.4. The van der Waals surface area contributed by atoms with E-state index < -0.39 is 0 Å². The smallest absolute Gasteiger partial charge is 0.264 e. The average molecular weight is 428 g/mol. The van der Waals surface area contributed by atoms with E-state index >= 15 is 0 Å². The van der Waals surface area contributed by atoms with Crippen LogP contribution >= 0.6 is 11.3 Å². The molecule has 1 aliphatic rings. The molecule has 1 aromatic heterocycles. The quantitative estimate of drug-likeness (QED) is 0.442. The van der Waals surface area contributed by atoms with Crippen LogP contribution in [0.25, 0.3) is 21.7 Å². The Kier molecular flexibility index (Phi) is 4.92. The van der Waals surface area contributed by atoms with E-state index in [0.717, 1.165) is 38.2 Å². The van der Waals surface area contributed by atoms with Gasteiger partial charge in [-0.3, -0.25) is 4.79 Å². The Morgan fingerprint density at radius 1 is 1.00 bits per heavy atom. The Hall–Kier alpha value is -3.64. The van der Waals surface area contributed by atoms with Gasteiger partial charge < -0.3 is 15.0 Å². The highest BCUT2D eigenvalue weighted by molar-refractivity contribution is 7.19. The predicted octanol–water partition coefficient (Wildman–Crippen LogP) is 5.88. The van der Waals surface area contributed by atoms with Gasteiger partial charge in [-0.1, -0.05) is 59.4 Å². The number of fused-ring (bicyclic) bond motifs is 1. The van der Waals surface area contributed by atoms with Crippen molar-refractivity contribution >= 4 is 33.8 Å². The molecule has 0 atom stereocenters. The van der Waals surface area contributed by atoms with Gasteiger partial charge in [0.2, 0.25) is 0 Å². The number of carbonyl (C=O) groups excluding carboxylic acids is 1. The molecule has 154 valence electrons. The fraction of sp³-hybridized carbons (Fsp3) is 0.120. The number of anilines is 3. The summed E-state index contributed by atoms with van der Waals surface area (Å²) in [5, 5.41) is 4.24. The largest absolute Gasteiger partial charge is 0.482 e. The SMILES string of the molecule is Cc1ccc(Nc2nc(-c3ccc4c(c3)N(C)C(=O)CO4)c(-c3ccccc3)s2)cc1. The Morgan fingerprint density at radius 2 is 1.77 bits per heavy atom. The molecule has 4 aromatic rings. The van der Waals surface area contributed by atoms with Crippen molar-refractivity contribution in [2.45, 2.75) is 6.92 Å². The van der Waals surface area contributed by atoms with Crippen molar-refractivity contribution < 1.29 is 9.53 Å². The number of hydrogen-bond donors (Lipinski definition) is 1. The van der Waals surface area contributed by atoms with Crippen LogP contribution in [0.4, 0.5) is 16.5 Å². The normalized spacial score (nSPS) is 13.0. The number of aryl methyl sites for hydroxylation is 1. The molecule has 0 aliphatic carbocycles. The summed E-state index contributed by atoms with van der Waals surface area (Å²) in [7, 11) is 1.77. The van der Waals surface area contributed by atoms with E-state index in [0.29, 0.717) is 5.75 Å². The van der Waals surface area contributed by atoms with Crippen molar-refractivity contribution in [3.05, 3.63) is 78.4 Å². The molecule has 6 heteroatoms. The fourth-order valence-corrected chi connectivity index (χ4v) is 4.55. The minimum absolute atomic E-state index is 0.0621. The Balaban J connectivity index is 1.59. The number of rotatable bonds is 4. The number of likely N-dealkylation sites (N-methyl/N-ethyl adjacent to an activating group) is 1. The summed E-state index contributed by atoms with van der Waals surface area (Å²) < 4.78 is 5.58. The van der Waals surface area contributed by atoms with E-state index in [4.69, 9.17) is 9.72 Å². The minimum Gasteiger partial charge on any atom is -0.482 e. The molecule has 0 radical (unpaired) electrons. The molecule has 0 saturated heterocycles. The van der Waals surface area contributed by atoms with Gasteiger partial charge in [0.15, 0.2) is 11.7 Å². The predicted molar refractivity (Wildman–Crippen MR) is 126 cm³/mol. The van der Waals surface area contributed by atoms with Crippen molar-refractivity contribution in [1.29, 1.82) is 0 Å². The topological polar surface area (TPSA) is 54.5 Å². The van der Waals surface area contributed by atoms with E-state index in [1.54, 1.807) is 23.3 Å². The van der Waals surface area contributed by atoms with Crippen LogP contribution in [0.15, 0.2) is 72.8 Å². The second-order valence-corrected chi connectivity index (χ2v) is 8.48. The molecule has 0 bridgehead atoms. The first-order valence-electron chi connectivity index (χ1n) is 10.0. The first-order chi connectivity index (χ1) is 15.1. The second-order valence-electron chi connectivity index (χ2n) is 7.48. The molecule has 3 aromatic carbocycles. The highest BCUT2D eigenvalue weighted by Gasteiger charge is 2.24. The van der Waals surface area contributed by atoms with Gasteiger partial charge in [-0.15, -0.1) is 0 Å². The molecule has 1 aliphatic heterocycles. The molecule has 0 fully saturated rings. The summed E-state index contributed by atoms with van der Waals surface area (Å²) in [6, 6.07) is 24.4. The Morgan fingerprint density at radius 3 is 2.55 bits per heavy atom. The van der Waals surface area contributed by atoms with Gasteiger partial charge in [-0.25, -0.2) is 4.98 Å². The number of aromatic nitrogens is 1. The number of nitrogens with one attached hydrogen (secondary N) is 1. The third-order valence-corrected chi connectivity index (χ3v) is 6.30. The van der Waals surface area contributed by atoms with E-state index in [9.17, 15) is 4.79 Å². The number of nitrogens with zero attached hydrogens (tertiary/aromatic N) is 2. The number of hydrogen-bond acceptors (Lipinski definition) is 5. The highest BCUT2D eigenvalue weighted by atomic mass is 32.1. The molecular weight excluding hydrogens is 406 g/mol. The van der Waals surface area contributed by atoms with Crippen LogP contribution in [0.2, 0.25) is 0 Å². The highest BCUT2D eigenvalue weighted by Crippen LogP contribution is 2.42. The van der Waals surface area contributed by atoms with E-state index in [1.165, 1.54) is 5.56 Å². The van der Waals surface area contributed by atoms with Gasteiger partial charge in [0.05, 0.1) is 16.3 Å². The summed E-state index contributed by atoms with van der Waals surface area (Å²) in [6.45, 7) is 2.14. The zero-order valence-electron chi connectivity index (χ0n) is 17.3. The van der Waals surface area contributed by atoms with Crippen LogP contribution in [-0.2, 0) is 4.79 Å². The summed E-state index contributed by atoms with van der Waals surface area (Å²) in [5.41, 5.74) is 5.88. The van der Waals surface area contributed by atoms with Crippen molar-refractivity contribution in [2.75, 3.05) is 23.9 Å².